The van der Waals surface area contributed by atoms with E-state index in [0.29, 0.717) is 52.9 Å². The molecule has 0 fully saturated rings. The lowest BCUT2D eigenvalue weighted by Gasteiger charge is -2.33. The second-order valence-electron chi connectivity index (χ2n) is 11.3. The van der Waals surface area contributed by atoms with Crippen LogP contribution in [-0.2, 0) is 53.1 Å². The van der Waals surface area contributed by atoms with E-state index in [1.807, 2.05) is 83.1 Å². The minimum Gasteiger partial charge on any atom is -0.351 e. The fourth-order valence-electron chi connectivity index (χ4n) is 3.44. The summed E-state index contributed by atoms with van der Waals surface area (Å²) in [5, 5.41) is 0. The summed E-state index contributed by atoms with van der Waals surface area (Å²) in [6, 6.07) is 0. The van der Waals surface area contributed by atoms with Crippen molar-refractivity contribution in [3.63, 3.8) is 0 Å². The van der Waals surface area contributed by atoms with Crippen molar-refractivity contribution in [2.75, 3.05) is 52.9 Å². The third-order valence-corrected chi connectivity index (χ3v) is 12.6. The fraction of sp³-hybridized carbons (Fsp3) is 1.00. The van der Waals surface area contributed by atoms with Crippen LogP contribution < -0.4 is 0 Å². The van der Waals surface area contributed by atoms with Gasteiger partial charge < -0.3 is 53.1 Å². The molecule has 0 radical (unpaired) electrons. The molecule has 0 rings (SSSR count). The zero-order chi connectivity index (χ0) is 36.8. The van der Waals surface area contributed by atoms with Gasteiger partial charge in [0.2, 0.25) is 0 Å². The molecule has 0 amide bonds. The lowest BCUT2D eigenvalue weighted by Crippen LogP contribution is -2.54. The minimum atomic E-state index is -3.05. The van der Waals surface area contributed by atoms with Gasteiger partial charge >= 0.3 is 27.1 Å². The minimum absolute atomic E-state index is 0.0120. The topological polar surface area (TPSA) is 111 Å². The van der Waals surface area contributed by atoms with Gasteiger partial charge in [-0.3, -0.25) is 0 Å². The lowest BCUT2D eigenvalue weighted by molar-refractivity contribution is -0.0858. The van der Waals surface area contributed by atoms with E-state index < -0.39 is 27.1 Å². The maximum Gasteiger partial charge on any atom is 0.680 e. The Labute approximate surface area is 293 Å². The van der Waals surface area contributed by atoms with E-state index in [9.17, 15) is 0 Å². The van der Waals surface area contributed by atoms with Gasteiger partial charge in [-0.1, -0.05) is 27.7 Å². The standard InChI is InChI=1S/2C12H28O4Si.C8H20O4Si/c1-9(2)13-17(14-10(3)4,15-11(5)6)16-12(7)8;1-5-9-13-17(14-10-6-2,15-11-7-3)16-12-8-4;1-5-9-13(10-6-2,11-7-3)12-8-4/h9-12H,1-8H3;5-12H2,1-4H3;5-8H2,1-4H3. The molecule has 0 N–H and O–H groups in total. The summed E-state index contributed by atoms with van der Waals surface area (Å²) in [6.07, 6.45) is 3.81. The molecule has 12 nitrogen and oxygen atoms in total. The van der Waals surface area contributed by atoms with Gasteiger partial charge in [-0.15, -0.1) is 0 Å². The molecular formula is C32H76O12Si3. The third-order valence-electron chi connectivity index (χ3n) is 4.74. The first-order valence-corrected chi connectivity index (χ1v) is 22.9. The molecule has 0 aromatic carbocycles. The van der Waals surface area contributed by atoms with Gasteiger partial charge in [0.25, 0.3) is 0 Å². The van der Waals surface area contributed by atoms with E-state index in [4.69, 9.17) is 53.1 Å². The molecule has 0 saturated heterocycles. The average Bonchev–Trinajstić information content (AvgIpc) is 2.96. The van der Waals surface area contributed by atoms with Gasteiger partial charge in [0.1, 0.15) is 0 Å². The Balaban J connectivity index is -0.000000625. The van der Waals surface area contributed by atoms with Crippen LogP contribution >= 0.6 is 0 Å². The lowest BCUT2D eigenvalue weighted by atomic mass is 10.5. The smallest absolute Gasteiger partial charge is 0.351 e. The van der Waals surface area contributed by atoms with E-state index in [1.165, 1.54) is 0 Å². The van der Waals surface area contributed by atoms with Crippen LogP contribution in [0, 0.1) is 0 Å². The van der Waals surface area contributed by atoms with Crippen molar-refractivity contribution >= 4 is 27.1 Å². The summed E-state index contributed by atoms with van der Waals surface area (Å²) in [5.74, 6) is 0. The number of hydrogen-bond acceptors (Lipinski definition) is 12. The van der Waals surface area contributed by atoms with Crippen molar-refractivity contribution in [1.82, 2.24) is 0 Å². The van der Waals surface area contributed by atoms with E-state index in [1.54, 1.807) is 0 Å². The van der Waals surface area contributed by atoms with Crippen LogP contribution in [-0.4, -0.2) is 104 Å². The fourth-order valence-corrected chi connectivity index (χ4v) is 10.3. The molecule has 0 aromatic rings. The average molecular weight is 737 g/mol. The summed E-state index contributed by atoms with van der Waals surface area (Å²) in [6.45, 7) is 36.2. The van der Waals surface area contributed by atoms with E-state index in [0.717, 1.165) is 25.7 Å². The largest absolute Gasteiger partial charge is 0.680 e. The Bertz CT molecular complexity index is 548. The summed E-state index contributed by atoms with van der Waals surface area (Å²) in [4.78, 5) is 0. The SMILES string of the molecule is CC(C)O[Si](OC(C)C)(OC(C)C)OC(C)C.CCCO[Si](OCCC)(OCCC)OCCC.CCO[Si](OCC)(OCC)OCC. The van der Waals surface area contributed by atoms with Crippen LogP contribution in [0.15, 0.2) is 0 Å². The number of rotatable bonds is 28. The second kappa shape index (κ2) is 32.1. The summed E-state index contributed by atoms with van der Waals surface area (Å²) in [5.41, 5.74) is 0. The van der Waals surface area contributed by atoms with Crippen molar-refractivity contribution in [1.29, 1.82) is 0 Å². The Hall–Kier alpha value is 0.171. The van der Waals surface area contributed by atoms with Crippen LogP contribution in [0.3, 0.4) is 0 Å². The highest BCUT2D eigenvalue weighted by molar-refractivity contribution is 6.54. The molecule has 0 aliphatic carbocycles. The van der Waals surface area contributed by atoms with Crippen molar-refractivity contribution in [2.24, 2.45) is 0 Å². The Morgan fingerprint density at radius 1 is 0.298 bits per heavy atom. The maximum absolute atomic E-state index is 5.84. The molecule has 0 bridgehead atoms. The van der Waals surface area contributed by atoms with Crippen molar-refractivity contribution in [3.05, 3.63) is 0 Å². The molecule has 288 valence electrons. The Morgan fingerprint density at radius 3 is 0.638 bits per heavy atom. The summed E-state index contributed by atoms with van der Waals surface area (Å²) < 4.78 is 68.1. The highest BCUT2D eigenvalue weighted by atomic mass is 28.4. The van der Waals surface area contributed by atoms with Gasteiger partial charge in [0.05, 0.1) is 0 Å². The molecule has 0 spiro atoms. The molecule has 0 atom stereocenters. The number of hydrogen-bond donors (Lipinski definition) is 0. The van der Waals surface area contributed by atoms with E-state index >= 15 is 0 Å². The molecule has 15 heteroatoms. The molecule has 0 heterocycles. The Kier molecular flexibility index (Phi) is 35.2. The molecule has 0 unspecified atom stereocenters. The van der Waals surface area contributed by atoms with Crippen LogP contribution in [0.5, 0.6) is 0 Å². The predicted molar refractivity (Wildman–Crippen MR) is 194 cm³/mol. The maximum atomic E-state index is 5.84. The van der Waals surface area contributed by atoms with Gasteiger partial charge in [-0.25, -0.2) is 0 Å². The first kappa shape index (κ1) is 51.5. The van der Waals surface area contributed by atoms with Gasteiger partial charge in [-0.05, 0) is 109 Å². The van der Waals surface area contributed by atoms with Crippen LogP contribution in [0.1, 0.15) is 136 Å². The molecule has 47 heavy (non-hydrogen) atoms. The molecule has 0 aromatic heterocycles. The predicted octanol–water partition coefficient (Wildman–Crippen LogP) is 7.82. The highest BCUT2D eigenvalue weighted by Crippen LogP contribution is 2.21. The molecule has 0 aliphatic rings. The van der Waals surface area contributed by atoms with Crippen LogP contribution in [0.25, 0.3) is 0 Å². The second-order valence-corrected chi connectivity index (χ2v) is 17.5. The molecular weight excluding hydrogens is 661 g/mol. The quantitative estimate of drug-likeness (QED) is 0.0731. The first-order valence-electron chi connectivity index (χ1n) is 18.0. The van der Waals surface area contributed by atoms with Crippen LogP contribution in [0.4, 0.5) is 0 Å². The summed E-state index contributed by atoms with van der Waals surface area (Å²) >= 11 is 0. The summed E-state index contributed by atoms with van der Waals surface area (Å²) in [7, 11) is -8.72. The van der Waals surface area contributed by atoms with Crippen molar-refractivity contribution in [2.45, 2.75) is 161 Å². The highest BCUT2D eigenvalue weighted by Gasteiger charge is 2.49. The van der Waals surface area contributed by atoms with Crippen molar-refractivity contribution in [3.8, 4) is 0 Å². The van der Waals surface area contributed by atoms with Gasteiger partial charge in [0.15, 0.2) is 0 Å². The zero-order valence-electron chi connectivity index (χ0n) is 33.2. The first-order chi connectivity index (χ1) is 22.2. The van der Waals surface area contributed by atoms with Crippen LogP contribution in [0.2, 0.25) is 0 Å². The van der Waals surface area contributed by atoms with Gasteiger partial charge in [0, 0.05) is 77.3 Å². The molecule has 0 saturated carbocycles. The monoisotopic (exact) mass is 736 g/mol. The van der Waals surface area contributed by atoms with E-state index in [-0.39, 0.29) is 24.4 Å². The Morgan fingerprint density at radius 2 is 0.489 bits per heavy atom. The zero-order valence-corrected chi connectivity index (χ0v) is 36.2. The van der Waals surface area contributed by atoms with Gasteiger partial charge in [-0.2, -0.15) is 0 Å². The third kappa shape index (κ3) is 28.6. The van der Waals surface area contributed by atoms with Crippen molar-refractivity contribution < 1.29 is 53.1 Å². The molecule has 0 aliphatic heterocycles. The normalized spacial score (nSPS) is 12.5. The van der Waals surface area contributed by atoms with E-state index in [2.05, 4.69) is 27.7 Å².